The first-order valence-electron chi connectivity index (χ1n) is 6.23. The number of hydrogen-bond acceptors (Lipinski definition) is 3. The van der Waals surface area contributed by atoms with Gasteiger partial charge in [-0.15, -0.1) is 0 Å². The van der Waals surface area contributed by atoms with E-state index in [0.717, 1.165) is 11.1 Å². The highest BCUT2D eigenvalue weighted by atomic mass is 16.5. The van der Waals surface area contributed by atoms with Crippen LogP contribution < -0.4 is 0 Å². The van der Waals surface area contributed by atoms with Gasteiger partial charge in [0.2, 0.25) is 0 Å². The molecule has 0 saturated heterocycles. The Labute approximate surface area is 112 Å². The van der Waals surface area contributed by atoms with E-state index in [1.807, 2.05) is 36.4 Å². The Bertz CT molecular complexity index is 549. The van der Waals surface area contributed by atoms with E-state index in [1.54, 1.807) is 25.1 Å². The number of phenolic OH excluding ortho intramolecular Hbond substituents is 1. The van der Waals surface area contributed by atoms with Gasteiger partial charge in [0.05, 0.1) is 6.61 Å². The summed E-state index contributed by atoms with van der Waals surface area (Å²) in [5.41, 5.74) is 1.58. The smallest absolute Gasteiger partial charge is 0.317 e. The molecule has 19 heavy (non-hydrogen) atoms. The second-order valence-electron chi connectivity index (χ2n) is 4.19. The monoisotopic (exact) mass is 256 g/mol. The highest BCUT2D eigenvalue weighted by Crippen LogP contribution is 2.28. The van der Waals surface area contributed by atoms with E-state index in [-0.39, 0.29) is 11.7 Å². The third-order valence-electron chi connectivity index (χ3n) is 2.86. The number of esters is 1. The predicted molar refractivity (Wildman–Crippen MR) is 73.0 cm³/mol. The zero-order chi connectivity index (χ0) is 13.7. The standard InChI is InChI=1S/C16H16O3/c1-2-19-16(18)15(12-7-4-3-5-8-12)13-9-6-10-14(17)11-13/h3-11,15,17H,2H2,1H3. The SMILES string of the molecule is CCOC(=O)C(c1ccccc1)c1cccc(O)c1. The molecule has 2 aromatic rings. The Hall–Kier alpha value is -2.29. The van der Waals surface area contributed by atoms with Crippen molar-refractivity contribution in [2.75, 3.05) is 6.61 Å². The van der Waals surface area contributed by atoms with Gasteiger partial charge in [0, 0.05) is 0 Å². The second-order valence-corrected chi connectivity index (χ2v) is 4.19. The van der Waals surface area contributed by atoms with E-state index < -0.39 is 5.92 Å². The Morgan fingerprint density at radius 1 is 1.11 bits per heavy atom. The maximum absolute atomic E-state index is 12.2. The molecular formula is C16H16O3. The van der Waals surface area contributed by atoms with Crippen LogP contribution in [0.4, 0.5) is 0 Å². The third kappa shape index (κ3) is 3.13. The van der Waals surface area contributed by atoms with Crippen molar-refractivity contribution < 1.29 is 14.6 Å². The van der Waals surface area contributed by atoms with Crippen molar-refractivity contribution in [2.45, 2.75) is 12.8 Å². The number of ether oxygens (including phenoxy) is 1. The Balaban J connectivity index is 2.43. The lowest BCUT2D eigenvalue weighted by Crippen LogP contribution is -2.17. The van der Waals surface area contributed by atoms with Gasteiger partial charge in [0.1, 0.15) is 11.7 Å². The minimum Gasteiger partial charge on any atom is -0.508 e. The highest BCUT2D eigenvalue weighted by molar-refractivity contribution is 5.82. The molecule has 0 aliphatic heterocycles. The fraction of sp³-hybridized carbons (Fsp3) is 0.188. The summed E-state index contributed by atoms with van der Waals surface area (Å²) in [6, 6.07) is 16.1. The largest absolute Gasteiger partial charge is 0.508 e. The van der Waals surface area contributed by atoms with Gasteiger partial charge in [0.25, 0.3) is 0 Å². The zero-order valence-corrected chi connectivity index (χ0v) is 10.7. The molecule has 3 heteroatoms. The average molecular weight is 256 g/mol. The summed E-state index contributed by atoms with van der Waals surface area (Å²) in [7, 11) is 0. The molecule has 3 nitrogen and oxygen atoms in total. The van der Waals surface area contributed by atoms with Crippen molar-refractivity contribution in [1.29, 1.82) is 0 Å². The molecule has 0 amide bonds. The maximum Gasteiger partial charge on any atom is 0.317 e. The molecule has 1 N–H and O–H groups in total. The predicted octanol–water partition coefficient (Wildman–Crippen LogP) is 3.09. The summed E-state index contributed by atoms with van der Waals surface area (Å²) in [6.07, 6.45) is 0. The fourth-order valence-electron chi connectivity index (χ4n) is 2.04. The summed E-state index contributed by atoms with van der Waals surface area (Å²) in [5, 5.41) is 9.57. The van der Waals surface area contributed by atoms with Gasteiger partial charge in [-0.2, -0.15) is 0 Å². The van der Waals surface area contributed by atoms with Gasteiger partial charge in [-0.1, -0.05) is 42.5 Å². The molecule has 0 fully saturated rings. The Morgan fingerprint density at radius 3 is 2.42 bits per heavy atom. The molecular weight excluding hydrogens is 240 g/mol. The van der Waals surface area contributed by atoms with Crippen molar-refractivity contribution in [1.82, 2.24) is 0 Å². The van der Waals surface area contributed by atoms with Crippen LogP contribution in [0.2, 0.25) is 0 Å². The number of phenols is 1. The van der Waals surface area contributed by atoms with Gasteiger partial charge in [-0.3, -0.25) is 4.79 Å². The van der Waals surface area contributed by atoms with Crippen molar-refractivity contribution in [2.24, 2.45) is 0 Å². The lowest BCUT2D eigenvalue weighted by Gasteiger charge is -2.16. The van der Waals surface area contributed by atoms with E-state index >= 15 is 0 Å². The van der Waals surface area contributed by atoms with E-state index in [1.165, 1.54) is 0 Å². The molecule has 1 atom stereocenters. The maximum atomic E-state index is 12.2. The third-order valence-corrected chi connectivity index (χ3v) is 2.86. The quantitative estimate of drug-likeness (QED) is 0.855. The second kappa shape index (κ2) is 6.05. The van der Waals surface area contributed by atoms with Crippen LogP contribution in [0, 0.1) is 0 Å². The van der Waals surface area contributed by atoms with Gasteiger partial charge < -0.3 is 9.84 Å². The summed E-state index contributed by atoms with van der Waals surface area (Å²) < 4.78 is 5.13. The molecule has 0 radical (unpaired) electrons. The number of aromatic hydroxyl groups is 1. The first-order valence-corrected chi connectivity index (χ1v) is 6.23. The number of carbonyl (C=O) groups excluding carboxylic acids is 1. The molecule has 1 unspecified atom stereocenters. The Kier molecular flexibility index (Phi) is 4.18. The van der Waals surface area contributed by atoms with Gasteiger partial charge >= 0.3 is 5.97 Å². The number of benzene rings is 2. The van der Waals surface area contributed by atoms with Crippen molar-refractivity contribution in [3.8, 4) is 5.75 Å². The first kappa shape index (κ1) is 13.1. The van der Waals surface area contributed by atoms with Crippen LogP contribution in [0.5, 0.6) is 5.75 Å². The molecule has 0 heterocycles. The molecule has 0 aliphatic carbocycles. The van der Waals surface area contributed by atoms with Gasteiger partial charge in [-0.05, 0) is 30.2 Å². The van der Waals surface area contributed by atoms with Gasteiger partial charge in [0.15, 0.2) is 0 Å². The molecule has 0 aliphatic rings. The highest BCUT2D eigenvalue weighted by Gasteiger charge is 2.24. The molecule has 0 aromatic heterocycles. The van der Waals surface area contributed by atoms with Crippen LogP contribution in [0.15, 0.2) is 54.6 Å². The topological polar surface area (TPSA) is 46.5 Å². The number of hydrogen-bond donors (Lipinski definition) is 1. The number of rotatable bonds is 4. The minimum absolute atomic E-state index is 0.141. The van der Waals surface area contributed by atoms with Crippen LogP contribution in [-0.2, 0) is 9.53 Å². The summed E-state index contributed by atoms with van der Waals surface area (Å²) in [6.45, 7) is 2.11. The van der Waals surface area contributed by atoms with Gasteiger partial charge in [-0.25, -0.2) is 0 Å². The van der Waals surface area contributed by atoms with Crippen LogP contribution in [0.1, 0.15) is 24.0 Å². The average Bonchev–Trinajstić information content (AvgIpc) is 2.40. The summed E-state index contributed by atoms with van der Waals surface area (Å²) >= 11 is 0. The molecule has 2 rings (SSSR count). The van der Waals surface area contributed by atoms with E-state index in [9.17, 15) is 9.90 Å². The van der Waals surface area contributed by atoms with Crippen LogP contribution >= 0.6 is 0 Å². The normalized spacial score (nSPS) is 11.8. The van der Waals surface area contributed by atoms with E-state index in [4.69, 9.17) is 4.74 Å². The Morgan fingerprint density at radius 2 is 1.79 bits per heavy atom. The van der Waals surface area contributed by atoms with E-state index in [0.29, 0.717) is 6.61 Å². The fourth-order valence-corrected chi connectivity index (χ4v) is 2.04. The molecule has 0 spiro atoms. The lowest BCUT2D eigenvalue weighted by atomic mass is 9.91. The molecule has 2 aromatic carbocycles. The number of carbonyl (C=O) groups is 1. The first-order chi connectivity index (χ1) is 9.22. The summed E-state index contributed by atoms with van der Waals surface area (Å²) in [4.78, 5) is 12.2. The van der Waals surface area contributed by atoms with Crippen LogP contribution in [-0.4, -0.2) is 17.7 Å². The molecule has 0 bridgehead atoms. The zero-order valence-electron chi connectivity index (χ0n) is 10.7. The van der Waals surface area contributed by atoms with Crippen molar-refractivity contribution in [3.05, 3.63) is 65.7 Å². The molecule has 98 valence electrons. The van der Waals surface area contributed by atoms with Crippen molar-refractivity contribution in [3.63, 3.8) is 0 Å². The van der Waals surface area contributed by atoms with Crippen LogP contribution in [0.3, 0.4) is 0 Å². The molecule has 0 saturated carbocycles. The van der Waals surface area contributed by atoms with E-state index in [2.05, 4.69) is 0 Å². The van der Waals surface area contributed by atoms with Crippen molar-refractivity contribution >= 4 is 5.97 Å². The summed E-state index contributed by atoms with van der Waals surface area (Å²) in [5.74, 6) is -0.671. The van der Waals surface area contributed by atoms with Crippen LogP contribution in [0.25, 0.3) is 0 Å². The minimum atomic E-state index is -0.506. The lowest BCUT2D eigenvalue weighted by molar-refractivity contribution is -0.143.